The van der Waals surface area contributed by atoms with Gasteiger partial charge in [0.2, 0.25) is 0 Å². The second-order valence-electron chi connectivity index (χ2n) is 5.72. The summed E-state index contributed by atoms with van der Waals surface area (Å²) in [7, 11) is 0. The van der Waals surface area contributed by atoms with Crippen LogP contribution in [0.5, 0.6) is 5.75 Å². The van der Waals surface area contributed by atoms with Crippen LogP contribution in [0.4, 0.5) is 0 Å². The van der Waals surface area contributed by atoms with Gasteiger partial charge >= 0.3 is 0 Å². The molecule has 1 aromatic heterocycles. The molecule has 1 saturated carbocycles. The fraction of sp³-hybridized carbons (Fsp3) is 0.375. The number of likely N-dealkylation sites (tertiary alicyclic amines) is 1. The summed E-state index contributed by atoms with van der Waals surface area (Å²) in [5, 5.41) is 0.583. The molecule has 2 aliphatic rings. The Balaban J connectivity index is 1.38. The predicted octanol–water partition coefficient (Wildman–Crippen LogP) is 3.11. The zero-order valence-electron chi connectivity index (χ0n) is 11.9. The van der Waals surface area contributed by atoms with E-state index in [0.29, 0.717) is 35.5 Å². The summed E-state index contributed by atoms with van der Waals surface area (Å²) >= 11 is 6.06. The molecule has 0 radical (unpaired) electrons. The molecule has 0 unspecified atom stereocenters. The molecule has 2 fully saturated rings. The van der Waals surface area contributed by atoms with Gasteiger partial charge in [0.25, 0.3) is 5.91 Å². The maximum absolute atomic E-state index is 12.4. The number of amides is 1. The minimum absolute atomic E-state index is 0.0277. The van der Waals surface area contributed by atoms with Crippen molar-refractivity contribution in [2.45, 2.75) is 24.9 Å². The first-order valence-electron chi connectivity index (χ1n) is 7.36. The Morgan fingerprint density at radius 1 is 1.32 bits per heavy atom. The van der Waals surface area contributed by atoms with Gasteiger partial charge in [-0.25, -0.2) is 4.98 Å². The van der Waals surface area contributed by atoms with E-state index in [1.165, 1.54) is 6.39 Å². The number of halogens is 1. The van der Waals surface area contributed by atoms with Crippen molar-refractivity contribution in [3.8, 4) is 5.75 Å². The van der Waals surface area contributed by atoms with Crippen molar-refractivity contribution in [2.24, 2.45) is 0 Å². The Bertz CT molecular complexity index is 705. The second kappa shape index (κ2) is 5.32. The molecular formula is C16H15ClN2O3. The fourth-order valence-corrected chi connectivity index (χ4v) is 2.78. The van der Waals surface area contributed by atoms with Gasteiger partial charge in [-0.3, -0.25) is 4.79 Å². The number of para-hydroxylation sites is 1. The van der Waals surface area contributed by atoms with Crippen LogP contribution in [-0.2, 0) is 0 Å². The third-order valence-electron chi connectivity index (χ3n) is 4.01. The van der Waals surface area contributed by atoms with Crippen molar-refractivity contribution in [2.75, 3.05) is 13.1 Å². The summed E-state index contributed by atoms with van der Waals surface area (Å²) in [6.07, 6.45) is 3.49. The number of hydrogen-bond acceptors (Lipinski definition) is 4. The Morgan fingerprint density at radius 2 is 2.09 bits per heavy atom. The molecule has 1 aromatic carbocycles. The molecule has 4 rings (SSSR count). The van der Waals surface area contributed by atoms with Gasteiger partial charge in [-0.15, -0.1) is 0 Å². The highest BCUT2D eigenvalue weighted by atomic mass is 35.5. The lowest BCUT2D eigenvalue weighted by Gasteiger charge is -2.38. The third-order valence-corrected chi connectivity index (χ3v) is 4.32. The molecule has 5 nitrogen and oxygen atoms in total. The summed E-state index contributed by atoms with van der Waals surface area (Å²) < 4.78 is 11.2. The molecule has 1 aliphatic heterocycles. The minimum atomic E-state index is -0.0744. The van der Waals surface area contributed by atoms with Crippen molar-refractivity contribution in [1.29, 1.82) is 0 Å². The largest absolute Gasteiger partial charge is 0.485 e. The molecule has 1 amide bonds. The number of aromatic nitrogens is 1. The lowest BCUT2D eigenvalue weighted by atomic mass is 10.1. The van der Waals surface area contributed by atoms with Gasteiger partial charge in [0, 0.05) is 5.92 Å². The molecule has 0 bridgehead atoms. The minimum Gasteiger partial charge on any atom is -0.485 e. The Hall–Kier alpha value is -2.01. The average molecular weight is 319 g/mol. The average Bonchev–Trinajstić information content (AvgIpc) is 3.20. The molecule has 0 spiro atoms. The van der Waals surface area contributed by atoms with Crippen LogP contribution in [0.2, 0.25) is 5.02 Å². The molecular weight excluding hydrogens is 304 g/mol. The number of nitrogens with zero attached hydrogens (tertiary/aromatic N) is 2. The summed E-state index contributed by atoms with van der Waals surface area (Å²) in [6, 6.07) is 7.35. The molecule has 22 heavy (non-hydrogen) atoms. The van der Waals surface area contributed by atoms with Gasteiger partial charge in [-0.2, -0.15) is 0 Å². The van der Waals surface area contributed by atoms with Crippen LogP contribution < -0.4 is 4.74 Å². The zero-order chi connectivity index (χ0) is 15.1. The van der Waals surface area contributed by atoms with Crippen molar-refractivity contribution < 1.29 is 13.9 Å². The summed E-state index contributed by atoms with van der Waals surface area (Å²) in [5.74, 6) is 1.69. The van der Waals surface area contributed by atoms with Crippen LogP contribution in [0.1, 0.15) is 35.0 Å². The van der Waals surface area contributed by atoms with Crippen molar-refractivity contribution >= 4 is 17.5 Å². The number of benzene rings is 1. The predicted molar refractivity (Wildman–Crippen MR) is 80.2 cm³/mol. The second-order valence-corrected chi connectivity index (χ2v) is 6.13. The van der Waals surface area contributed by atoms with E-state index in [9.17, 15) is 4.79 Å². The van der Waals surface area contributed by atoms with Gasteiger partial charge in [0.15, 0.2) is 12.1 Å². The number of ether oxygens (including phenoxy) is 1. The standard InChI is InChI=1S/C16H15ClN2O3/c17-12-3-1-2-4-13(12)22-11-7-19(8-11)16(20)14-15(10-5-6-10)21-9-18-14/h1-4,9-11H,5-8H2. The van der Waals surface area contributed by atoms with Crippen LogP contribution in [0.25, 0.3) is 0 Å². The van der Waals surface area contributed by atoms with Gasteiger partial charge in [0.1, 0.15) is 17.6 Å². The van der Waals surface area contributed by atoms with Crippen molar-refractivity contribution in [3.63, 3.8) is 0 Å². The van der Waals surface area contributed by atoms with E-state index >= 15 is 0 Å². The molecule has 2 heterocycles. The topological polar surface area (TPSA) is 55.6 Å². The van der Waals surface area contributed by atoms with E-state index in [1.807, 2.05) is 18.2 Å². The molecule has 6 heteroatoms. The SMILES string of the molecule is O=C(c1ncoc1C1CC1)N1CC(Oc2ccccc2Cl)C1. The molecule has 1 saturated heterocycles. The third kappa shape index (κ3) is 2.46. The summed E-state index contributed by atoms with van der Waals surface area (Å²) in [4.78, 5) is 18.2. The van der Waals surface area contributed by atoms with Gasteiger partial charge in [-0.1, -0.05) is 23.7 Å². The first-order valence-corrected chi connectivity index (χ1v) is 7.74. The molecule has 0 N–H and O–H groups in total. The summed E-state index contributed by atoms with van der Waals surface area (Å²) in [5.41, 5.74) is 0.457. The van der Waals surface area contributed by atoms with Crippen LogP contribution in [0.3, 0.4) is 0 Å². The molecule has 0 atom stereocenters. The van der Waals surface area contributed by atoms with E-state index in [2.05, 4.69) is 4.98 Å². The number of rotatable bonds is 4. The lowest BCUT2D eigenvalue weighted by Crippen LogP contribution is -2.56. The van der Waals surface area contributed by atoms with Crippen LogP contribution in [0.15, 0.2) is 35.1 Å². The Kier molecular flexibility index (Phi) is 3.30. The number of hydrogen-bond donors (Lipinski definition) is 0. The normalized spacial score (nSPS) is 18.1. The Morgan fingerprint density at radius 3 is 2.82 bits per heavy atom. The quantitative estimate of drug-likeness (QED) is 0.869. The summed E-state index contributed by atoms with van der Waals surface area (Å²) in [6.45, 7) is 1.09. The Labute approximate surface area is 132 Å². The highest BCUT2D eigenvalue weighted by Gasteiger charge is 2.38. The van der Waals surface area contributed by atoms with E-state index in [4.69, 9.17) is 20.8 Å². The highest BCUT2D eigenvalue weighted by molar-refractivity contribution is 6.32. The molecule has 2 aromatic rings. The van der Waals surface area contributed by atoms with E-state index in [1.54, 1.807) is 11.0 Å². The molecule has 1 aliphatic carbocycles. The monoisotopic (exact) mass is 318 g/mol. The maximum Gasteiger partial charge on any atom is 0.276 e. The lowest BCUT2D eigenvalue weighted by molar-refractivity contribution is 0.0172. The van der Waals surface area contributed by atoms with Crippen LogP contribution in [-0.4, -0.2) is 35.0 Å². The van der Waals surface area contributed by atoms with Crippen LogP contribution in [0, 0.1) is 0 Å². The fourth-order valence-electron chi connectivity index (χ4n) is 2.60. The van der Waals surface area contributed by atoms with E-state index < -0.39 is 0 Å². The first-order chi connectivity index (χ1) is 10.7. The smallest absolute Gasteiger partial charge is 0.276 e. The van der Waals surface area contributed by atoms with Crippen molar-refractivity contribution in [1.82, 2.24) is 9.88 Å². The van der Waals surface area contributed by atoms with Gasteiger partial charge in [-0.05, 0) is 25.0 Å². The van der Waals surface area contributed by atoms with E-state index in [0.717, 1.165) is 18.6 Å². The first kappa shape index (κ1) is 13.6. The van der Waals surface area contributed by atoms with E-state index in [-0.39, 0.29) is 12.0 Å². The van der Waals surface area contributed by atoms with Gasteiger partial charge in [0.05, 0.1) is 18.1 Å². The maximum atomic E-state index is 12.4. The van der Waals surface area contributed by atoms with Crippen molar-refractivity contribution in [3.05, 3.63) is 47.1 Å². The number of oxazole rings is 1. The zero-order valence-corrected chi connectivity index (χ0v) is 12.6. The van der Waals surface area contributed by atoms with Gasteiger partial charge < -0.3 is 14.1 Å². The number of carbonyl (C=O) groups excluding carboxylic acids is 1. The number of carbonyl (C=O) groups is 1. The molecule has 114 valence electrons. The van der Waals surface area contributed by atoms with Crippen LogP contribution >= 0.6 is 11.6 Å². The highest BCUT2D eigenvalue weighted by Crippen LogP contribution is 2.41.